The van der Waals surface area contributed by atoms with Gasteiger partial charge in [0.05, 0.1) is 0 Å². The van der Waals surface area contributed by atoms with E-state index in [1.807, 2.05) is 6.92 Å². The van der Waals surface area contributed by atoms with Crippen LogP contribution in [-0.4, -0.2) is 11.6 Å². The summed E-state index contributed by atoms with van der Waals surface area (Å²) >= 11 is 0. The predicted octanol–water partition coefficient (Wildman–Crippen LogP) is 3.78. The maximum absolute atomic E-state index is 11.4. The number of hydrogen-bond donors (Lipinski definition) is 0. The van der Waals surface area contributed by atoms with Gasteiger partial charge in [0.2, 0.25) is 0 Å². The van der Waals surface area contributed by atoms with Crippen LogP contribution in [0.3, 0.4) is 0 Å². The maximum atomic E-state index is 11.4. The van der Waals surface area contributed by atoms with Gasteiger partial charge in [-0.05, 0) is 33.1 Å². The monoisotopic (exact) mass is 226 g/mol. The molecular formula is C14H26O2. The minimum atomic E-state index is 0.152. The van der Waals surface area contributed by atoms with Crippen LogP contribution in [0, 0.1) is 11.8 Å². The lowest BCUT2D eigenvalue weighted by Crippen LogP contribution is -2.12. The van der Waals surface area contributed by atoms with Crippen LogP contribution in [0.15, 0.2) is 0 Å². The van der Waals surface area contributed by atoms with Gasteiger partial charge >= 0.3 is 0 Å². The van der Waals surface area contributed by atoms with Gasteiger partial charge in [0.25, 0.3) is 0 Å². The van der Waals surface area contributed by atoms with Crippen molar-refractivity contribution < 1.29 is 9.59 Å². The Labute approximate surface area is 99.8 Å². The Morgan fingerprint density at radius 2 is 1.50 bits per heavy atom. The molecule has 2 atom stereocenters. The van der Waals surface area contributed by atoms with E-state index in [4.69, 9.17) is 0 Å². The summed E-state index contributed by atoms with van der Waals surface area (Å²) in [5.74, 6) is 0.940. The van der Waals surface area contributed by atoms with Gasteiger partial charge in [-0.25, -0.2) is 0 Å². The normalized spacial score (nSPS) is 14.5. The largest absolute Gasteiger partial charge is 0.300 e. The molecule has 0 spiro atoms. The van der Waals surface area contributed by atoms with E-state index in [1.54, 1.807) is 13.8 Å². The third-order valence-corrected chi connectivity index (χ3v) is 3.36. The molecule has 2 nitrogen and oxygen atoms in total. The molecule has 2 unspecified atom stereocenters. The van der Waals surface area contributed by atoms with Gasteiger partial charge in [0, 0.05) is 11.8 Å². The third-order valence-electron chi connectivity index (χ3n) is 3.36. The molecule has 0 amide bonds. The zero-order chi connectivity index (χ0) is 12.6. The van der Waals surface area contributed by atoms with E-state index < -0.39 is 0 Å². The Hall–Kier alpha value is -0.660. The standard InChI is InChI=1S/C14H26O2/c1-5-6-9-14(13(4)16)10-7-8-11(2)12(3)15/h11,14H,5-10H2,1-4H3. The molecule has 0 fully saturated rings. The van der Waals surface area contributed by atoms with Gasteiger partial charge in [-0.1, -0.05) is 33.1 Å². The highest BCUT2D eigenvalue weighted by Crippen LogP contribution is 2.19. The summed E-state index contributed by atoms with van der Waals surface area (Å²) in [6.45, 7) is 7.45. The Balaban J connectivity index is 3.84. The van der Waals surface area contributed by atoms with Gasteiger partial charge < -0.3 is 0 Å². The molecule has 0 aliphatic rings. The number of unbranched alkanes of at least 4 members (excludes halogenated alkanes) is 1. The van der Waals surface area contributed by atoms with Crippen molar-refractivity contribution in [3.8, 4) is 0 Å². The van der Waals surface area contributed by atoms with Crippen molar-refractivity contribution in [1.29, 1.82) is 0 Å². The molecule has 2 heteroatoms. The molecule has 0 aromatic rings. The van der Waals surface area contributed by atoms with E-state index in [2.05, 4.69) is 6.92 Å². The highest BCUT2D eigenvalue weighted by atomic mass is 16.1. The van der Waals surface area contributed by atoms with Crippen LogP contribution in [0.2, 0.25) is 0 Å². The van der Waals surface area contributed by atoms with Crippen molar-refractivity contribution in [2.75, 3.05) is 0 Å². The lowest BCUT2D eigenvalue weighted by Gasteiger charge is -2.14. The number of hydrogen-bond acceptors (Lipinski definition) is 2. The quantitative estimate of drug-likeness (QED) is 0.599. The van der Waals surface area contributed by atoms with E-state index in [-0.39, 0.29) is 17.6 Å². The zero-order valence-corrected chi connectivity index (χ0v) is 11.2. The first-order valence-corrected chi connectivity index (χ1v) is 6.49. The van der Waals surface area contributed by atoms with Crippen LogP contribution in [0.5, 0.6) is 0 Å². The van der Waals surface area contributed by atoms with Gasteiger partial charge in [-0.15, -0.1) is 0 Å². The fourth-order valence-electron chi connectivity index (χ4n) is 1.88. The minimum Gasteiger partial charge on any atom is -0.300 e. The Morgan fingerprint density at radius 1 is 0.938 bits per heavy atom. The van der Waals surface area contributed by atoms with Crippen molar-refractivity contribution >= 4 is 11.6 Å². The predicted molar refractivity (Wildman–Crippen MR) is 67.4 cm³/mol. The Morgan fingerprint density at radius 3 is 1.94 bits per heavy atom. The molecule has 0 saturated carbocycles. The highest BCUT2D eigenvalue weighted by Gasteiger charge is 2.14. The Kier molecular flexibility index (Phi) is 8.14. The molecule has 0 aromatic carbocycles. The average Bonchev–Trinajstić information content (AvgIpc) is 2.21. The second-order valence-electron chi connectivity index (χ2n) is 4.89. The number of rotatable bonds is 9. The van der Waals surface area contributed by atoms with E-state index in [9.17, 15) is 9.59 Å². The summed E-state index contributed by atoms with van der Waals surface area (Å²) < 4.78 is 0. The van der Waals surface area contributed by atoms with Crippen LogP contribution >= 0.6 is 0 Å². The molecule has 0 saturated heterocycles. The molecule has 0 rings (SSSR count). The molecule has 0 aliphatic carbocycles. The van der Waals surface area contributed by atoms with Crippen molar-refractivity contribution in [1.82, 2.24) is 0 Å². The second kappa shape index (κ2) is 8.49. The molecule has 0 bridgehead atoms. The topological polar surface area (TPSA) is 34.1 Å². The minimum absolute atomic E-state index is 0.152. The van der Waals surface area contributed by atoms with E-state index in [0.717, 1.165) is 38.5 Å². The summed E-state index contributed by atoms with van der Waals surface area (Å²) in [4.78, 5) is 22.5. The van der Waals surface area contributed by atoms with Crippen LogP contribution in [0.1, 0.15) is 66.2 Å². The number of carbonyl (C=O) groups excluding carboxylic acids is 2. The van der Waals surface area contributed by atoms with E-state index >= 15 is 0 Å². The molecule has 0 aromatic heterocycles. The fourth-order valence-corrected chi connectivity index (χ4v) is 1.88. The highest BCUT2D eigenvalue weighted by molar-refractivity contribution is 5.78. The van der Waals surface area contributed by atoms with Crippen molar-refractivity contribution in [3.63, 3.8) is 0 Å². The van der Waals surface area contributed by atoms with Crippen molar-refractivity contribution in [2.45, 2.75) is 66.2 Å². The van der Waals surface area contributed by atoms with Crippen LogP contribution in [0.4, 0.5) is 0 Å². The zero-order valence-electron chi connectivity index (χ0n) is 11.2. The molecular weight excluding hydrogens is 200 g/mol. The van der Waals surface area contributed by atoms with Gasteiger partial charge in [0.1, 0.15) is 11.6 Å². The first-order valence-electron chi connectivity index (χ1n) is 6.49. The SMILES string of the molecule is CCCCC(CCCC(C)C(C)=O)C(C)=O. The van der Waals surface area contributed by atoms with Crippen LogP contribution in [-0.2, 0) is 9.59 Å². The average molecular weight is 226 g/mol. The van der Waals surface area contributed by atoms with Gasteiger partial charge in [0.15, 0.2) is 0 Å². The molecule has 0 heterocycles. The van der Waals surface area contributed by atoms with E-state index in [0.29, 0.717) is 5.78 Å². The molecule has 16 heavy (non-hydrogen) atoms. The first-order chi connectivity index (χ1) is 7.49. The summed E-state index contributed by atoms with van der Waals surface area (Å²) in [6, 6.07) is 0. The van der Waals surface area contributed by atoms with Gasteiger partial charge in [-0.3, -0.25) is 9.59 Å². The summed E-state index contributed by atoms with van der Waals surface area (Å²) in [7, 11) is 0. The third kappa shape index (κ3) is 6.76. The summed E-state index contributed by atoms with van der Waals surface area (Å²) in [5.41, 5.74) is 0. The second-order valence-corrected chi connectivity index (χ2v) is 4.89. The molecule has 0 aliphatic heterocycles. The maximum Gasteiger partial charge on any atom is 0.132 e. The number of carbonyl (C=O) groups is 2. The smallest absolute Gasteiger partial charge is 0.132 e. The molecule has 0 radical (unpaired) electrons. The van der Waals surface area contributed by atoms with Crippen LogP contribution in [0.25, 0.3) is 0 Å². The summed E-state index contributed by atoms with van der Waals surface area (Å²) in [6.07, 6.45) is 6.16. The van der Waals surface area contributed by atoms with E-state index in [1.165, 1.54) is 0 Å². The number of Topliss-reactive ketones (excluding diaryl/α,β-unsaturated/α-hetero) is 2. The fraction of sp³-hybridized carbons (Fsp3) is 0.857. The Bertz CT molecular complexity index is 221. The molecule has 94 valence electrons. The lowest BCUT2D eigenvalue weighted by atomic mass is 9.90. The van der Waals surface area contributed by atoms with Crippen molar-refractivity contribution in [3.05, 3.63) is 0 Å². The van der Waals surface area contributed by atoms with Crippen molar-refractivity contribution in [2.24, 2.45) is 11.8 Å². The lowest BCUT2D eigenvalue weighted by molar-refractivity contribution is -0.121. The van der Waals surface area contributed by atoms with Gasteiger partial charge in [-0.2, -0.15) is 0 Å². The molecule has 0 N–H and O–H groups in total. The summed E-state index contributed by atoms with van der Waals surface area (Å²) in [5, 5.41) is 0. The first kappa shape index (κ1) is 15.3. The van der Waals surface area contributed by atoms with Crippen LogP contribution < -0.4 is 0 Å². The number of ketones is 2.